The Hall–Kier alpha value is -1.12. The molecule has 4 rings (SSSR count). The van der Waals surface area contributed by atoms with Gasteiger partial charge in [0.2, 0.25) is 0 Å². The van der Waals surface area contributed by atoms with Gasteiger partial charge in [0.15, 0.2) is 5.78 Å². The van der Waals surface area contributed by atoms with Gasteiger partial charge in [-0.1, -0.05) is 27.4 Å². The summed E-state index contributed by atoms with van der Waals surface area (Å²) in [5.74, 6) is 0.0180. The molecule has 3 nitrogen and oxygen atoms in total. The summed E-state index contributed by atoms with van der Waals surface area (Å²) < 4.78 is 5.67. The molecule has 3 heteroatoms. The number of fused-ring (bicyclic) bond motifs is 2. The van der Waals surface area contributed by atoms with Gasteiger partial charge in [0, 0.05) is 5.92 Å². The third-order valence-electron chi connectivity index (χ3n) is 6.25. The fraction of sp³-hybridized carbons (Fsp3) is 0.733. The van der Waals surface area contributed by atoms with Crippen molar-refractivity contribution in [1.29, 1.82) is 0 Å². The van der Waals surface area contributed by atoms with Gasteiger partial charge in [-0.3, -0.25) is 9.59 Å². The van der Waals surface area contributed by atoms with Crippen LogP contribution >= 0.6 is 0 Å². The average molecular weight is 248 g/mol. The van der Waals surface area contributed by atoms with Crippen LogP contribution in [0.3, 0.4) is 0 Å². The Kier molecular flexibility index (Phi) is 2.03. The molecule has 2 aliphatic heterocycles. The number of carbonyl (C=O) groups excluding carboxylic acids is 2. The van der Waals surface area contributed by atoms with Crippen LogP contribution in [-0.4, -0.2) is 17.4 Å². The maximum absolute atomic E-state index is 12.6. The van der Waals surface area contributed by atoms with E-state index < -0.39 is 11.0 Å². The van der Waals surface area contributed by atoms with Crippen molar-refractivity contribution in [1.82, 2.24) is 0 Å². The second-order valence-electron chi connectivity index (χ2n) is 6.54. The van der Waals surface area contributed by atoms with Gasteiger partial charge < -0.3 is 4.74 Å². The summed E-state index contributed by atoms with van der Waals surface area (Å²) >= 11 is 0. The first-order chi connectivity index (χ1) is 8.35. The Balaban J connectivity index is 2.28. The summed E-state index contributed by atoms with van der Waals surface area (Å²) in [6.07, 6.45) is 3.83. The molecule has 2 unspecified atom stereocenters. The summed E-state index contributed by atoms with van der Waals surface area (Å²) in [4.78, 5) is 25.2. The maximum Gasteiger partial charge on any atom is 0.321 e. The molecule has 4 aliphatic rings. The third kappa shape index (κ3) is 0.886. The quantitative estimate of drug-likeness (QED) is 0.407. The van der Waals surface area contributed by atoms with Crippen molar-refractivity contribution in [3.63, 3.8) is 0 Å². The van der Waals surface area contributed by atoms with Gasteiger partial charge in [0.1, 0.15) is 11.0 Å². The molecule has 4 fully saturated rings. The van der Waals surface area contributed by atoms with Crippen LogP contribution < -0.4 is 0 Å². The minimum Gasteiger partial charge on any atom is -0.453 e. The van der Waals surface area contributed by atoms with Crippen LogP contribution in [0, 0.1) is 22.7 Å². The lowest BCUT2D eigenvalue weighted by atomic mass is 9.46. The monoisotopic (exact) mass is 248 g/mol. The van der Waals surface area contributed by atoms with E-state index in [2.05, 4.69) is 20.4 Å². The molecule has 5 atom stereocenters. The number of hydrogen-bond acceptors (Lipinski definition) is 3. The summed E-state index contributed by atoms with van der Waals surface area (Å²) in [5.41, 5.74) is -1.93. The molecule has 0 radical (unpaired) electrons. The van der Waals surface area contributed by atoms with Gasteiger partial charge >= 0.3 is 5.97 Å². The number of carbonyl (C=O) groups is 2. The Morgan fingerprint density at radius 2 is 2.06 bits per heavy atom. The minimum atomic E-state index is -0.892. The number of esters is 1. The predicted octanol–water partition coefficient (Wildman–Crippen LogP) is 2.50. The summed E-state index contributed by atoms with van der Waals surface area (Å²) in [6, 6.07) is 0. The maximum atomic E-state index is 12.6. The van der Waals surface area contributed by atoms with Gasteiger partial charge in [0.25, 0.3) is 0 Å². The summed E-state index contributed by atoms with van der Waals surface area (Å²) in [6.45, 7) is 10.0. The molecule has 0 aromatic carbocycles. The first-order valence-electron chi connectivity index (χ1n) is 6.75. The normalized spacial score (nSPS) is 54.2. The fourth-order valence-corrected chi connectivity index (χ4v) is 4.94. The van der Waals surface area contributed by atoms with E-state index in [4.69, 9.17) is 4.74 Å². The Labute approximate surface area is 108 Å². The van der Waals surface area contributed by atoms with E-state index in [-0.39, 0.29) is 29.0 Å². The molecule has 0 aromatic rings. The van der Waals surface area contributed by atoms with E-state index in [1.165, 1.54) is 0 Å². The van der Waals surface area contributed by atoms with Crippen LogP contribution in [0.4, 0.5) is 0 Å². The van der Waals surface area contributed by atoms with Gasteiger partial charge in [-0.2, -0.15) is 0 Å². The summed E-state index contributed by atoms with van der Waals surface area (Å²) in [5, 5.41) is 0. The van der Waals surface area contributed by atoms with Crippen molar-refractivity contribution in [3.8, 4) is 0 Å². The molecule has 2 aliphatic carbocycles. The van der Waals surface area contributed by atoms with Gasteiger partial charge in [-0.25, -0.2) is 0 Å². The van der Waals surface area contributed by atoms with Crippen LogP contribution in [-0.2, 0) is 14.3 Å². The molecule has 0 amide bonds. The minimum absolute atomic E-state index is 0.0734. The van der Waals surface area contributed by atoms with Crippen LogP contribution in [0.2, 0.25) is 0 Å². The highest BCUT2D eigenvalue weighted by Crippen LogP contribution is 2.70. The van der Waals surface area contributed by atoms with Crippen molar-refractivity contribution in [2.24, 2.45) is 22.7 Å². The topological polar surface area (TPSA) is 43.4 Å². The van der Waals surface area contributed by atoms with Crippen molar-refractivity contribution < 1.29 is 14.3 Å². The van der Waals surface area contributed by atoms with Crippen molar-refractivity contribution >= 4 is 11.8 Å². The Morgan fingerprint density at radius 1 is 1.39 bits per heavy atom. The van der Waals surface area contributed by atoms with E-state index in [1.54, 1.807) is 6.08 Å². The van der Waals surface area contributed by atoms with Crippen LogP contribution in [0.15, 0.2) is 12.7 Å². The zero-order chi connectivity index (χ0) is 13.3. The zero-order valence-corrected chi connectivity index (χ0v) is 11.3. The van der Waals surface area contributed by atoms with Crippen molar-refractivity contribution in [3.05, 3.63) is 12.7 Å². The first-order valence-corrected chi connectivity index (χ1v) is 6.75. The van der Waals surface area contributed by atoms with E-state index in [9.17, 15) is 9.59 Å². The Bertz CT molecular complexity index is 446. The first kappa shape index (κ1) is 11.9. The SMILES string of the molecule is C=C[C@]12CC(=O)C3(C(=O)O1)C(C)CC[C@@]3(C)[C@@H]2C. The molecule has 98 valence electrons. The van der Waals surface area contributed by atoms with Crippen molar-refractivity contribution in [2.45, 2.75) is 45.6 Å². The van der Waals surface area contributed by atoms with E-state index >= 15 is 0 Å². The lowest BCUT2D eigenvalue weighted by Crippen LogP contribution is -2.71. The van der Waals surface area contributed by atoms with Crippen LogP contribution in [0.1, 0.15) is 40.0 Å². The highest BCUT2D eigenvalue weighted by molar-refractivity contribution is 6.09. The van der Waals surface area contributed by atoms with E-state index in [1.807, 2.05) is 6.92 Å². The summed E-state index contributed by atoms with van der Waals surface area (Å²) in [7, 11) is 0. The molecule has 2 bridgehead atoms. The zero-order valence-electron chi connectivity index (χ0n) is 11.3. The number of hydrogen-bond donors (Lipinski definition) is 0. The van der Waals surface area contributed by atoms with Gasteiger partial charge in [-0.15, -0.1) is 0 Å². The predicted molar refractivity (Wildman–Crippen MR) is 66.7 cm³/mol. The highest BCUT2D eigenvalue weighted by atomic mass is 16.6. The number of rotatable bonds is 1. The number of ketones is 1. The molecule has 0 aromatic heterocycles. The highest BCUT2D eigenvalue weighted by Gasteiger charge is 2.77. The molecular formula is C15H20O3. The largest absolute Gasteiger partial charge is 0.453 e. The molecule has 0 N–H and O–H groups in total. The number of Topliss-reactive ketones (excluding diaryl/α,β-unsaturated/α-hetero) is 1. The van der Waals surface area contributed by atoms with Gasteiger partial charge in [0.05, 0.1) is 6.42 Å². The molecule has 2 heterocycles. The lowest BCUT2D eigenvalue weighted by Gasteiger charge is -2.61. The molecular weight excluding hydrogens is 228 g/mol. The molecule has 2 saturated carbocycles. The second-order valence-corrected chi connectivity index (χ2v) is 6.54. The fourth-order valence-electron chi connectivity index (χ4n) is 4.94. The third-order valence-corrected chi connectivity index (χ3v) is 6.25. The Morgan fingerprint density at radius 3 is 2.61 bits per heavy atom. The second kappa shape index (κ2) is 3.06. The molecule has 18 heavy (non-hydrogen) atoms. The van der Waals surface area contributed by atoms with Gasteiger partial charge in [-0.05, 0) is 30.3 Å². The number of ether oxygens (including phenoxy) is 1. The lowest BCUT2D eigenvalue weighted by molar-refractivity contribution is -0.233. The van der Waals surface area contributed by atoms with Crippen LogP contribution in [0.5, 0.6) is 0 Å². The van der Waals surface area contributed by atoms with E-state index in [0.29, 0.717) is 6.42 Å². The van der Waals surface area contributed by atoms with Crippen molar-refractivity contribution in [2.75, 3.05) is 0 Å². The van der Waals surface area contributed by atoms with Crippen LogP contribution in [0.25, 0.3) is 0 Å². The van der Waals surface area contributed by atoms with E-state index in [0.717, 1.165) is 12.8 Å². The smallest absolute Gasteiger partial charge is 0.321 e. The molecule has 2 saturated heterocycles. The standard InChI is InChI=1S/C15H20O3/c1-5-14-8-11(16)15(12(17)18-14)9(2)6-7-13(15,4)10(14)3/h5,9-10H,1,6-8H2,2-4H3/t9?,10-,13-,14+,15?/m0/s1. The molecule has 1 spiro atoms. The average Bonchev–Trinajstić information content (AvgIpc) is 2.60.